The van der Waals surface area contributed by atoms with E-state index in [4.69, 9.17) is 0 Å². The summed E-state index contributed by atoms with van der Waals surface area (Å²) < 4.78 is 25.6. The Morgan fingerprint density at radius 3 is 2.88 bits per heavy atom. The SMILES string of the molecule is CCCNCCCS(=O)(=O)Nc1nccs1. The monoisotopic (exact) mass is 263 g/mol. The zero-order chi connectivity index (χ0) is 11.9. The molecule has 0 atom stereocenters. The fourth-order valence-electron chi connectivity index (χ4n) is 1.15. The maximum absolute atomic E-state index is 11.6. The van der Waals surface area contributed by atoms with Crippen LogP contribution in [0.1, 0.15) is 19.8 Å². The molecule has 0 fully saturated rings. The Kier molecular flexibility index (Phi) is 5.72. The van der Waals surface area contributed by atoms with Gasteiger partial charge in [0.2, 0.25) is 10.0 Å². The number of sulfonamides is 1. The lowest BCUT2D eigenvalue weighted by atomic mass is 10.4. The van der Waals surface area contributed by atoms with Gasteiger partial charge in [-0.2, -0.15) is 0 Å². The predicted octanol–water partition coefficient (Wildman–Crippen LogP) is 1.27. The fourth-order valence-corrected chi connectivity index (χ4v) is 3.04. The van der Waals surface area contributed by atoms with Crippen molar-refractivity contribution in [2.75, 3.05) is 23.6 Å². The molecule has 5 nitrogen and oxygen atoms in total. The molecule has 1 aromatic rings. The summed E-state index contributed by atoms with van der Waals surface area (Å²) in [6, 6.07) is 0. The molecule has 7 heteroatoms. The highest BCUT2D eigenvalue weighted by atomic mass is 32.2. The van der Waals surface area contributed by atoms with Gasteiger partial charge in [-0.3, -0.25) is 4.72 Å². The number of hydrogen-bond donors (Lipinski definition) is 2. The number of nitrogens with one attached hydrogen (secondary N) is 2. The molecular weight excluding hydrogens is 246 g/mol. The number of nitrogens with zero attached hydrogens (tertiary/aromatic N) is 1. The van der Waals surface area contributed by atoms with Crippen molar-refractivity contribution < 1.29 is 8.42 Å². The van der Waals surface area contributed by atoms with Crippen molar-refractivity contribution in [1.29, 1.82) is 0 Å². The lowest BCUT2D eigenvalue weighted by Gasteiger charge is -2.05. The molecule has 1 aromatic heterocycles. The minimum Gasteiger partial charge on any atom is -0.317 e. The maximum Gasteiger partial charge on any atom is 0.234 e. The minimum atomic E-state index is -3.23. The standard InChI is InChI=1S/C9H17N3O2S2/c1-2-4-10-5-3-8-16(13,14)12-9-11-6-7-15-9/h6-7,10H,2-5,8H2,1H3,(H,11,12). The Hall–Kier alpha value is -0.660. The van der Waals surface area contributed by atoms with Crippen LogP contribution in [0.25, 0.3) is 0 Å². The first-order chi connectivity index (χ1) is 7.64. The van der Waals surface area contributed by atoms with Crippen molar-refractivity contribution in [3.05, 3.63) is 11.6 Å². The highest BCUT2D eigenvalue weighted by molar-refractivity contribution is 7.92. The molecular formula is C9H17N3O2S2. The molecule has 0 aliphatic rings. The van der Waals surface area contributed by atoms with Crippen LogP contribution in [0.4, 0.5) is 5.13 Å². The topological polar surface area (TPSA) is 71.1 Å². The van der Waals surface area contributed by atoms with Gasteiger partial charge in [-0.1, -0.05) is 6.92 Å². The number of aromatic nitrogens is 1. The van der Waals surface area contributed by atoms with Gasteiger partial charge in [0.15, 0.2) is 5.13 Å². The van der Waals surface area contributed by atoms with E-state index in [1.807, 2.05) is 0 Å². The summed E-state index contributed by atoms with van der Waals surface area (Å²) in [5.41, 5.74) is 0. The lowest BCUT2D eigenvalue weighted by Crippen LogP contribution is -2.22. The molecule has 92 valence electrons. The average Bonchev–Trinajstić information content (AvgIpc) is 2.69. The van der Waals surface area contributed by atoms with Crippen molar-refractivity contribution in [2.24, 2.45) is 0 Å². The van der Waals surface area contributed by atoms with Crippen LogP contribution in [0, 0.1) is 0 Å². The van der Waals surface area contributed by atoms with Gasteiger partial charge in [-0.25, -0.2) is 13.4 Å². The van der Waals surface area contributed by atoms with E-state index < -0.39 is 10.0 Å². The summed E-state index contributed by atoms with van der Waals surface area (Å²) in [5, 5.41) is 5.33. The Morgan fingerprint density at radius 1 is 1.44 bits per heavy atom. The van der Waals surface area contributed by atoms with E-state index in [0.29, 0.717) is 11.6 Å². The van der Waals surface area contributed by atoms with Gasteiger partial charge >= 0.3 is 0 Å². The van der Waals surface area contributed by atoms with Gasteiger partial charge in [0.05, 0.1) is 5.75 Å². The normalized spacial score (nSPS) is 11.6. The predicted molar refractivity (Wildman–Crippen MR) is 67.3 cm³/mol. The summed E-state index contributed by atoms with van der Waals surface area (Å²) in [4.78, 5) is 3.87. The molecule has 2 N–H and O–H groups in total. The number of anilines is 1. The van der Waals surface area contributed by atoms with Gasteiger partial charge in [0.25, 0.3) is 0 Å². The molecule has 0 amide bonds. The second-order valence-corrected chi connectivity index (χ2v) is 6.10. The molecule has 0 aliphatic heterocycles. The second-order valence-electron chi connectivity index (χ2n) is 3.36. The van der Waals surface area contributed by atoms with Crippen LogP contribution in [0.5, 0.6) is 0 Å². The van der Waals surface area contributed by atoms with Gasteiger partial charge in [-0.15, -0.1) is 11.3 Å². The first kappa shape index (κ1) is 13.4. The van der Waals surface area contributed by atoms with Crippen LogP contribution in [0.2, 0.25) is 0 Å². The van der Waals surface area contributed by atoms with E-state index in [1.165, 1.54) is 11.3 Å². The first-order valence-corrected chi connectivity index (χ1v) is 7.78. The zero-order valence-electron chi connectivity index (χ0n) is 9.27. The van der Waals surface area contributed by atoms with Crippen LogP contribution in [-0.4, -0.2) is 32.2 Å². The zero-order valence-corrected chi connectivity index (χ0v) is 10.9. The number of thiazole rings is 1. The van der Waals surface area contributed by atoms with E-state index in [1.54, 1.807) is 11.6 Å². The van der Waals surface area contributed by atoms with Crippen LogP contribution in [-0.2, 0) is 10.0 Å². The third-order valence-electron chi connectivity index (χ3n) is 1.87. The first-order valence-electron chi connectivity index (χ1n) is 5.25. The van der Waals surface area contributed by atoms with E-state index >= 15 is 0 Å². The van der Waals surface area contributed by atoms with Crippen molar-refractivity contribution in [3.63, 3.8) is 0 Å². The molecule has 0 radical (unpaired) electrons. The van der Waals surface area contributed by atoms with Gasteiger partial charge in [0, 0.05) is 11.6 Å². The molecule has 0 saturated carbocycles. The van der Waals surface area contributed by atoms with Crippen molar-refractivity contribution in [1.82, 2.24) is 10.3 Å². The highest BCUT2D eigenvalue weighted by Crippen LogP contribution is 2.12. The summed E-state index contributed by atoms with van der Waals surface area (Å²) in [6.07, 6.45) is 3.25. The Balaban J connectivity index is 2.24. The van der Waals surface area contributed by atoms with E-state index in [9.17, 15) is 8.42 Å². The summed E-state index contributed by atoms with van der Waals surface area (Å²) in [5.74, 6) is 0.128. The van der Waals surface area contributed by atoms with Crippen molar-refractivity contribution in [3.8, 4) is 0 Å². The van der Waals surface area contributed by atoms with Crippen LogP contribution >= 0.6 is 11.3 Å². The molecule has 1 rings (SSSR count). The van der Waals surface area contributed by atoms with Gasteiger partial charge in [-0.05, 0) is 25.9 Å². The summed E-state index contributed by atoms with van der Waals surface area (Å²) in [6.45, 7) is 3.74. The van der Waals surface area contributed by atoms with Gasteiger partial charge in [0.1, 0.15) is 0 Å². The van der Waals surface area contributed by atoms with E-state index in [2.05, 4.69) is 21.9 Å². The maximum atomic E-state index is 11.6. The van der Waals surface area contributed by atoms with Crippen LogP contribution < -0.4 is 10.0 Å². The lowest BCUT2D eigenvalue weighted by molar-refractivity contribution is 0.593. The molecule has 0 aliphatic carbocycles. The fraction of sp³-hybridized carbons (Fsp3) is 0.667. The van der Waals surface area contributed by atoms with Crippen molar-refractivity contribution in [2.45, 2.75) is 19.8 Å². The number of rotatable bonds is 8. The molecule has 0 aromatic carbocycles. The summed E-state index contributed by atoms with van der Waals surface area (Å²) in [7, 11) is -3.23. The third kappa shape index (κ3) is 5.43. The molecule has 16 heavy (non-hydrogen) atoms. The second kappa shape index (κ2) is 6.82. The van der Waals surface area contributed by atoms with E-state index in [0.717, 1.165) is 19.5 Å². The Morgan fingerprint density at radius 2 is 2.25 bits per heavy atom. The van der Waals surface area contributed by atoms with Crippen molar-refractivity contribution >= 4 is 26.5 Å². The van der Waals surface area contributed by atoms with Crippen LogP contribution in [0.15, 0.2) is 11.6 Å². The molecule has 0 bridgehead atoms. The molecule has 0 saturated heterocycles. The quantitative estimate of drug-likeness (QED) is 0.693. The molecule has 1 heterocycles. The number of hydrogen-bond acceptors (Lipinski definition) is 5. The van der Waals surface area contributed by atoms with E-state index in [-0.39, 0.29) is 5.75 Å². The smallest absolute Gasteiger partial charge is 0.234 e. The molecule has 0 unspecified atom stereocenters. The highest BCUT2D eigenvalue weighted by Gasteiger charge is 2.10. The minimum absolute atomic E-state index is 0.128. The summed E-state index contributed by atoms with van der Waals surface area (Å²) >= 11 is 1.28. The largest absolute Gasteiger partial charge is 0.317 e. The average molecular weight is 263 g/mol. The van der Waals surface area contributed by atoms with Gasteiger partial charge < -0.3 is 5.32 Å². The Labute approximate surface area is 100 Å². The Bertz CT molecular complexity index is 375. The third-order valence-corrected chi connectivity index (χ3v) is 4.02. The van der Waals surface area contributed by atoms with Crippen LogP contribution in [0.3, 0.4) is 0 Å². The molecule has 0 spiro atoms.